The number of aromatic amines is 2. The fraction of sp³-hybridized carbons (Fsp3) is 0.312. The largest absolute Gasteiger partial charge is 0.480 e. The van der Waals surface area contributed by atoms with Gasteiger partial charge >= 0.3 is 5.97 Å². The van der Waals surface area contributed by atoms with Crippen LogP contribution >= 0.6 is 0 Å². The van der Waals surface area contributed by atoms with Gasteiger partial charge in [-0.15, -0.1) is 0 Å². The van der Waals surface area contributed by atoms with Crippen molar-refractivity contribution in [1.29, 1.82) is 0 Å². The molecule has 4 rings (SSSR count). The first-order valence-electron chi connectivity index (χ1n) is 15.3. The summed E-state index contributed by atoms with van der Waals surface area (Å²) in [6.07, 6.45) is 3.16. The van der Waals surface area contributed by atoms with Crippen LogP contribution in [0.1, 0.15) is 30.4 Å². The molecule has 4 atom stereocenters. The molecule has 0 aliphatic carbocycles. The second kappa shape index (κ2) is 16.1. The van der Waals surface area contributed by atoms with Crippen molar-refractivity contribution in [3.05, 3.63) is 72.1 Å². The number of H-pyrrole nitrogens is 2. The minimum absolute atomic E-state index is 0.000278. The van der Waals surface area contributed by atoms with Crippen LogP contribution in [0.25, 0.3) is 21.8 Å². The predicted octanol–water partition coefficient (Wildman–Crippen LogP) is -0.770. The van der Waals surface area contributed by atoms with E-state index in [1.165, 1.54) is 0 Å². The number of rotatable bonds is 17. The molecule has 0 saturated heterocycles. The molecule has 0 spiro atoms. The summed E-state index contributed by atoms with van der Waals surface area (Å²) in [5.41, 5.74) is 25.4. The molecule has 0 fully saturated rings. The maximum Gasteiger partial charge on any atom is 0.326 e. The van der Waals surface area contributed by atoms with Crippen LogP contribution in [-0.4, -0.2) is 81.3 Å². The smallest absolute Gasteiger partial charge is 0.326 e. The Bertz CT molecular complexity index is 1810. The maximum absolute atomic E-state index is 13.6. The molecule has 0 radical (unpaired) electrons. The van der Waals surface area contributed by atoms with E-state index in [9.17, 15) is 29.1 Å². The number of amides is 4. The van der Waals surface area contributed by atoms with Gasteiger partial charge < -0.3 is 54.0 Å². The van der Waals surface area contributed by atoms with E-state index in [0.717, 1.165) is 27.4 Å². The summed E-state index contributed by atoms with van der Waals surface area (Å²) in [5.74, 6) is -4.74. The number of fused-ring (bicyclic) bond motifs is 2. The molecule has 254 valence electrons. The van der Waals surface area contributed by atoms with Crippen molar-refractivity contribution in [2.45, 2.75) is 56.3 Å². The monoisotopic (exact) mass is 660 g/mol. The number of para-hydroxylation sites is 2. The van der Waals surface area contributed by atoms with E-state index < -0.39 is 60.2 Å². The van der Waals surface area contributed by atoms with Crippen LogP contribution in [0, 0.1) is 0 Å². The molecule has 48 heavy (non-hydrogen) atoms. The minimum atomic E-state index is -1.47. The first kappa shape index (κ1) is 35.0. The standard InChI is InChI=1S/C32H40N10O6/c33-21(12-17-15-38-22-8-3-1-6-19(17)22)28(44)41-26(14-27(34)43)30(46)42-25(13-18-16-39-23-9-4-2-7-20(18)23)29(45)40-24(31(47)48)10-5-11-37-32(35)36/h1-4,6-9,15-16,21,24-26,38-39H,5,10-14,33H2,(H2,34,43)(H,40,45)(H,41,44)(H,42,46)(H,47,48)(H4,35,36,37). The minimum Gasteiger partial charge on any atom is -0.480 e. The zero-order valence-electron chi connectivity index (χ0n) is 26.1. The number of nitrogens with two attached hydrogens (primary N) is 4. The Labute approximate surface area is 275 Å². The molecule has 16 nitrogen and oxygen atoms in total. The first-order valence-corrected chi connectivity index (χ1v) is 15.3. The maximum atomic E-state index is 13.6. The number of nitrogens with one attached hydrogen (secondary N) is 5. The molecule has 4 aromatic rings. The Morgan fingerprint density at radius 1 is 0.729 bits per heavy atom. The molecule has 0 aliphatic rings. The lowest BCUT2D eigenvalue weighted by atomic mass is 10.0. The zero-order valence-corrected chi connectivity index (χ0v) is 26.1. The van der Waals surface area contributed by atoms with E-state index >= 15 is 0 Å². The van der Waals surface area contributed by atoms with Crippen molar-refractivity contribution in [3.63, 3.8) is 0 Å². The van der Waals surface area contributed by atoms with Gasteiger partial charge in [0, 0.05) is 47.2 Å². The summed E-state index contributed by atoms with van der Waals surface area (Å²) < 4.78 is 0. The first-order chi connectivity index (χ1) is 22.9. The number of aliphatic imine (C=N–C) groups is 1. The van der Waals surface area contributed by atoms with Gasteiger partial charge in [-0.25, -0.2) is 4.79 Å². The predicted molar refractivity (Wildman–Crippen MR) is 179 cm³/mol. The highest BCUT2D eigenvalue weighted by molar-refractivity contribution is 5.97. The highest BCUT2D eigenvalue weighted by atomic mass is 16.4. The molecule has 4 amide bonds. The summed E-state index contributed by atoms with van der Waals surface area (Å²) in [6, 6.07) is 9.58. The highest BCUT2D eigenvalue weighted by Crippen LogP contribution is 2.20. The van der Waals surface area contributed by atoms with Gasteiger partial charge in [0.1, 0.15) is 18.1 Å². The van der Waals surface area contributed by atoms with Gasteiger partial charge in [-0.05, 0) is 42.5 Å². The number of aliphatic carboxylic acids is 1. The van der Waals surface area contributed by atoms with Crippen LogP contribution in [0.5, 0.6) is 0 Å². The molecule has 14 N–H and O–H groups in total. The van der Waals surface area contributed by atoms with E-state index in [-0.39, 0.29) is 38.2 Å². The van der Waals surface area contributed by atoms with Gasteiger partial charge in [0.05, 0.1) is 12.5 Å². The average molecular weight is 661 g/mol. The Kier molecular flexibility index (Phi) is 11.7. The Balaban J connectivity index is 1.52. The number of hydrogen-bond donors (Lipinski definition) is 10. The van der Waals surface area contributed by atoms with Gasteiger partial charge in [0.15, 0.2) is 5.96 Å². The molecule has 2 aromatic carbocycles. The molecular formula is C32H40N10O6. The van der Waals surface area contributed by atoms with E-state index in [2.05, 4.69) is 30.9 Å². The number of nitrogens with zero attached hydrogens (tertiary/aromatic N) is 1. The zero-order chi connectivity index (χ0) is 34.8. The second-order valence-corrected chi connectivity index (χ2v) is 11.4. The number of guanidine groups is 1. The summed E-state index contributed by atoms with van der Waals surface area (Å²) in [5, 5.41) is 19.0. The number of carbonyl (C=O) groups excluding carboxylic acids is 4. The van der Waals surface area contributed by atoms with Crippen molar-refractivity contribution in [2.75, 3.05) is 6.54 Å². The van der Waals surface area contributed by atoms with Crippen molar-refractivity contribution in [3.8, 4) is 0 Å². The summed E-state index contributed by atoms with van der Waals surface area (Å²) in [6.45, 7) is 0.147. The number of carboxylic acids is 1. The van der Waals surface area contributed by atoms with Gasteiger partial charge in [-0.2, -0.15) is 0 Å². The third-order valence-corrected chi connectivity index (χ3v) is 7.78. The summed E-state index contributed by atoms with van der Waals surface area (Å²) in [7, 11) is 0. The van der Waals surface area contributed by atoms with Crippen LogP contribution in [0.15, 0.2) is 65.9 Å². The van der Waals surface area contributed by atoms with Gasteiger partial charge in [-0.1, -0.05) is 36.4 Å². The molecular weight excluding hydrogens is 620 g/mol. The van der Waals surface area contributed by atoms with Gasteiger partial charge in [0.25, 0.3) is 0 Å². The fourth-order valence-electron chi connectivity index (χ4n) is 5.35. The highest BCUT2D eigenvalue weighted by Gasteiger charge is 2.32. The molecule has 2 aromatic heterocycles. The average Bonchev–Trinajstić information content (AvgIpc) is 3.65. The number of aromatic nitrogens is 2. The van der Waals surface area contributed by atoms with Gasteiger partial charge in [0.2, 0.25) is 23.6 Å². The molecule has 0 aliphatic heterocycles. The number of carboxylic acid groups (broad SMARTS) is 1. The summed E-state index contributed by atoms with van der Waals surface area (Å²) in [4.78, 5) is 74.3. The molecule has 4 unspecified atom stereocenters. The number of primary amides is 1. The lowest BCUT2D eigenvalue weighted by Gasteiger charge is -2.25. The second-order valence-electron chi connectivity index (χ2n) is 11.4. The van der Waals surface area contributed by atoms with E-state index in [0.29, 0.717) is 5.56 Å². The van der Waals surface area contributed by atoms with E-state index in [1.807, 2.05) is 48.5 Å². The van der Waals surface area contributed by atoms with Crippen LogP contribution in [0.2, 0.25) is 0 Å². The topological polar surface area (TPSA) is 290 Å². The third kappa shape index (κ3) is 9.32. The van der Waals surface area contributed by atoms with Crippen molar-refractivity contribution in [1.82, 2.24) is 25.9 Å². The Morgan fingerprint density at radius 2 is 1.25 bits per heavy atom. The summed E-state index contributed by atoms with van der Waals surface area (Å²) >= 11 is 0. The number of carbonyl (C=O) groups is 5. The Morgan fingerprint density at radius 3 is 1.81 bits per heavy atom. The van der Waals surface area contributed by atoms with Crippen LogP contribution < -0.4 is 38.9 Å². The SMILES string of the molecule is NC(=O)CC(NC(=O)C(N)Cc1c[nH]c2ccccc12)C(=O)NC(Cc1c[nH]c2ccccc12)C(=O)NC(CCCN=C(N)N)C(=O)O. The van der Waals surface area contributed by atoms with E-state index in [4.69, 9.17) is 22.9 Å². The van der Waals surface area contributed by atoms with Crippen molar-refractivity contribution in [2.24, 2.45) is 27.9 Å². The Hall–Kier alpha value is -5.90. The fourth-order valence-corrected chi connectivity index (χ4v) is 5.35. The molecule has 0 saturated carbocycles. The number of hydrogen-bond acceptors (Lipinski definition) is 7. The van der Waals surface area contributed by atoms with Crippen LogP contribution in [-0.2, 0) is 36.8 Å². The lowest BCUT2D eigenvalue weighted by Crippen LogP contribution is -2.58. The van der Waals surface area contributed by atoms with Crippen LogP contribution in [0.4, 0.5) is 0 Å². The van der Waals surface area contributed by atoms with Crippen molar-refractivity contribution >= 4 is 57.4 Å². The lowest BCUT2D eigenvalue weighted by molar-refractivity contribution is -0.142. The molecule has 0 bridgehead atoms. The van der Waals surface area contributed by atoms with E-state index in [1.54, 1.807) is 12.4 Å². The van der Waals surface area contributed by atoms with Crippen LogP contribution in [0.3, 0.4) is 0 Å². The number of benzene rings is 2. The molecule has 16 heteroatoms. The van der Waals surface area contributed by atoms with Gasteiger partial charge in [-0.3, -0.25) is 24.2 Å². The van der Waals surface area contributed by atoms with Crippen molar-refractivity contribution < 1.29 is 29.1 Å². The normalized spacial score (nSPS) is 13.6. The quantitative estimate of drug-likeness (QED) is 0.0386. The third-order valence-electron chi connectivity index (χ3n) is 7.78. The molecule has 2 heterocycles.